The molecular formula is C17H16Cl2O3. The molecule has 0 aliphatic rings. The second-order valence-corrected chi connectivity index (χ2v) is 6.12. The van der Waals surface area contributed by atoms with E-state index in [2.05, 4.69) is 0 Å². The fourth-order valence-electron chi connectivity index (χ4n) is 2.43. The lowest BCUT2D eigenvalue weighted by molar-refractivity contribution is -0.121. The highest BCUT2D eigenvalue weighted by atomic mass is 35.5. The summed E-state index contributed by atoms with van der Waals surface area (Å²) in [5, 5.41) is 20.7. The number of hydrogen-bond donors (Lipinski definition) is 2. The first kappa shape index (κ1) is 16.7. The Morgan fingerprint density at radius 1 is 0.864 bits per heavy atom. The topological polar surface area (TPSA) is 57.5 Å². The second kappa shape index (κ2) is 6.59. The van der Waals surface area contributed by atoms with Crippen LogP contribution in [0.4, 0.5) is 0 Å². The number of carbonyl (C=O) groups is 1. The van der Waals surface area contributed by atoms with Crippen molar-refractivity contribution in [3.05, 3.63) is 57.6 Å². The highest BCUT2D eigenvalue weighted by Gasteiger charge is 2.26. The third kappa shape index (κ3) is 3.37. The van der Waals surface area contributed by atoms with Crippen LogP contribution in [0.2, 0.25) is 10.0 Å². The molecule has 0 heterocycles. The molecule has 0 aromatic heterocycles. The Morgan fingerprint density at radius 2 is 1.23 bits per heavy atom. The first-order valence-electron chi connectivity index (χ1n) is 6.81. The summed E-state index contributed by atoms with van der Waals surface area (Å²) in [6, 6.07) is 9.19. The number of benzene rings is 2. The molecule has 5 heteroatoms. The van der Waals surface area contributed by atoms with Crippen molar-refractivity contribution in [3.8, 4) is 11.5 Å². The van der Waals surface area contributed by atoms with E-state index in [4.69, 9.17) is 23.2 Å². The molecule has 0 bridgehead atoms. The van der Waals surface area contributed by atoms with Gasteiger partial charge in [-0.1, -0.05) is 37.0 Å². The summed E-state index contributed by atoms with van der Waals surface area (Å²) >= 11 is 11.9. The first-order chi connectivity index (χ1) is 10.3. The Bertz CT molecular complexity index is 654. The van der Waals surface area contributed by atoms with Gasteiger partial charge in [0.15, 0.2) is 0 Å². The van der Waals surface area contributed by atoms with Crippen LogP contribution in [0.1, 0.15) is 36.8 Å². The van der Waals surface area contributed by atoms with E-state index in [-0.39, 0.29) is 17.3 Å². The zero-order valence-corrected chi connectivity index (χ0v) is 13.7. The molecule has 3 nitrogen and oxygen atoms in total. The summed E-state index contributed by atoms with van der Waals surface area (Å²) in [6.45, 7) is 3.40. The Labute approximate surface area is 139 Å². The molecule has 116 valence electrons. The molecule has 0 saturated heterocycles. The molecule has 0 aliphatic heterocycles. The zero-order chi connectivity index (χ0) is 16.4. The average Bonchev–Trinajstić information content (AvgIpc) is 2.50. The lowest BCUT2D eigenvalue weighted by atomic mass is 9.85. The number of phenols is 2. The minimum absolute atomic E-state index is 0.0211. The molecule has 2 atom stereocenters. The van der Waals surface area contributed by atoms with E-state index in [1.807, 2.05) is 0 Å². The summed E-state index contributed by atoms with van der Waals surface area (Å²) in [5.74, 6) is -1.23. The Morgan fingerprint density at radius 3 is 1.59 bits per heavy atom. The van der Waals surface area contributed by atoms with Gasteiger partial charge in [-0.3, -0.25) is 4.79 Å². The zero-order valence-electron chi connectivity index (χ0n) is 12.2. The number of halogens is 2. The molecule has 2 rings (SSSR count). The number of carbonyl (C=O) groups excluding carboxylic acids is 1. The third-order valence-electron chi connectivity index (χ3n) is 3.77. The molecule has 0 spiro atoms. The van der Waals surface area contributed by atoms with Crippen molar-refractivity contribution in [2.24, 2.45) is 0 Å². The molecule has 0 aliphatic carbocycles. The molecule has 0 fully saturated rings. The van der Waals surface area contributed by atoms with E-state index in [9.17, 15) is 15.0 Å². The smallest absolute Gasteiger partial charge is 0.147 e. The van der Waals surface area contributed by atoms with Crippen LogP contribution < -0.4 is 0 Å². The minimum Gasteiger partial charge on any atom is -0.508 e. The number of aromatic hydroxyl groups is 2. The molecular weight excluding hydrogens is 323 g/mol. The van der Waals surface area contributed by atoms with E-state index in [0.29, 0.717) is 21.2 Å². The fraction of sp³-hybridized carbons (Fsp3) is 0.235. The summed E-state index contributed by atoms with van der Waals surface area (Å²) in [5.41, 5.74) is 0.928. The number of hydrogen-bond acceptors (Lipinski definition) is 3. The molecule has 2 aromatic rings. The largest absolute Gasteiger partial charge is 0.508 e. The first-order valence-corrected chi connectivity index (χ1v) is 7.57. The van der Waals surface area contributed by atoms with Gasteiger partial charge in [-0.15, -0.1) is 0 Å². The number of ketones is 1. The van der Waals surface area contributed by atoms with Crippen LogP contribution in [-0.2, 0) is 4.79 Å². The predicted molar refractivity (Wildman–Crippen MR) is 88.1 cm³/mol. The Balaban J connectivity index is 2.34. The molecule has 2 aromatic carbocycles. The fourth-order valence-corrected chi connectivity index (χ4v) is 2.79. The van der Waals surface area contributed by atoms with E-state index in [0.717, 1.165) is 0 Å². The van der Waals surface area contributed by atoms with Gasteiger partial charge in [-0.05, 0) is 36.4 Å². The Kier molecular flexibility index (Phi) is 4.99. The number of Topliss-reactive ketones (excluding diaryl/α,β-unsaturated/α-hetero) is 1. The van der Waals surface area contributed by atoms with E-state index in [1.54, 1.807) is 38.1 Å². The summed E-state index contributed by atoms with van der Waals surface area (Å²) in [4.78, 5) is 12.7. The standard InChI is InChI=1S/C17H16Cl2O3/c1-9(13-7-11(18)3-5-15(13)20)17(22)10(2)14-8-12(19)4-6-16(14)21/h3-10,20-21H,1-2H3. The van der Waals surface area contributed by atoms with Crippen molar-refractivity contribution < 1.29 is 15.0 Å². The number of phenolic OH excluding ortho intramolecular Hbond substituents is 2. The van der Waals surface area contributed by atoms with Crippen LogP contribution in [-0.4, -0.2) is 16.0 Å². The molecule has 2 unspecified atom stereocenters. The lowest BCUT2D eigenvalue weighted by Crippen LogP contribution is -2.17. The van der Waals surface area contributed by atoms with Gasteiger partial charge < -0.3 is 10.2 Å². The van der Waals surface area contributed by atoms with Crippen LogP contribution >= 0.6 is 23.2 Å². The summed E-state index contributed by atoms with van der Waals surface area (Å²) in [6.07, 6.45) is 0. The third-order valence-corrected chi connectivity index (χ3v) is 4.24. The molecule has 0 radical (unpaired) electrons. The lowest BCUT2D eigenvalue weighted by Gasteiger charge is -2.19. The maximum Gasteiger partial charge on any atom is 0.147 e. The summed E-state index contributed by atoms with van der Waals surface area (Å²) in [7, 11) is 0. The van der Waals surface area contributed by atoms with Crippen molar-refractivity contribution in [3.63, 3.8) is 0 Å². The maximum absolute atomic E-state index is 12.7. The maximum atomic E-state index is 12.7. The van der Waals surface area contributed by atoms with Gasteiger partial charge in [0.25, 0.3) is 0 Å². The average molecular weight is 339 g/mol. The normalized spacial score (nSPS) is 13.6. The number of rotatable bonds is 4. The van der Waals surface area contributed by atoms with E-state index < -0.39 is 11.8 Å². The molecule has 22 heavy (non-hydrogen) atoms. The van der Waals surface area contributed by atoms with E-state index >= 15 is 0 Å². The monoisotopic (exact) mass is 338 g/mol. The predicted octanol–water partition coefficient (Wildman–Crippen LogP) is 4.88. The van der Waals surface area contributed by atoms with Gasteiger partial charge >= 0.3 is 0 Å². The molecule has 2 N–H and O–H groups in total. The van der Waals surface area contributed by atoms with Crippen molar-refractivity contribution in [2.45, 2.75) is 25.7 Å². The van der Waals surface area contributed by atoms with Gasteiger partial charge in [0.1, 0.15) is 17.3 Å². The van der Waals surface area contributed by atoms with Gasteiger partial charge in [-0.25, -0.2) is 0 Å². The van der Waals surface area contributed by atoms with Gasteiger partial charge in [0.05, 0.1) is 0 Å². The van der Waals surface area contributed by atoms with Crippen molar-refractivity contribution in [1.82, 2.24) is 0 Å². The van der Waals surface area contributed by atoms with Gasteiger partial charge in [-0.2, -0.15) is 0 Å². The summed E-state index contributed by atoms with van der Waals surface area (Å²) < 4.78 is 0. The quantitative estimate of drug-likeness (QED) is 0.835. The van der Waals surface area contributed by atoms with Crippen molar-refractivity contribution in [1.29, 1.82) is 0 Å². The van der Waals surface area contributed by atoms with Gasteiger partial charge in [0.2, 0.25) is 0 Å². The van der Waals surface area contributed by atoms with E-state index in [1.165, 1.54) is 12.1 Å². The van der Waals surface area contributed by atoms with Crippen LogP contribution in [0, 0.1) is 0 Å². The SMILES string of the molecule is CC(C(=O)C(C)c1cc(Cl)ccc1O)c1cc(Cl)ccc1O. The highest BCUT2D eigenvalue weighted by Crippen LogP contribution is 2.36. The van der Waals surface area contributed by atoms with Crippen LogP contribution in [0.25, 0.3) is 0 Å². The molecule has 0 saturated carbocycles. The highest BCUT2D eigenvalue weighted by molar-refractivity contribution is 6.31. The van der Waals surface area contributed by atoms with Gasteiger partial charge in [0, 0.05) is 33.0 Å². The van der Waals surface area contributed by atoms with Crippen LogP contribution in [0.3, 0.4) is 0 Å². The van der Waals surface area contributed by atoms with Crippen molar-refractivity contribution >= 4 is 29.0 Å². The second-order valence-electron chi connectivity index (χ2n) is 5.25. The minimum atomic E-state index is -0.563. The van der Waals surface area contributed by atoms with Crippen LogP contribution in [0.15, 0.2) is 36.4 Å². The van der Waals surface area contributed by atoms with Crippen LogP contribution in [0.5, 0.6) is 11.5 Å². The molecule has 0 amide bonds. The van der Waals surface area contributed by atoms with Crippen molar-refractivity contribution in [2.75, 3.05) is 0 Å². The Hall–Kier alpha value is -1.71.